The van der Waals surface area contributed by atoms with Crippen LogP contribution >= 0.6 is 0 Å². The second-order valence-corrected chi connectivity index (χ2v) is 5.09. The van der Waals surface area contributed by atoms with Gasteiger partial charge in [0.05, 0.1) is 6.10 Å². The molecule has 0 aliphatic carbocycles. The molecule has 0 bridgehead atoms. The third kappa shape index (κ3) is 2.47. The average Bonchev–Trinajstić information content (AvgIpc) is 2.13. The summed E-state index contributed by atoms with van der Waals surface area (Å²) in [6, 6.07) is 0. The second-order valence-electron chi connectivity index (χ2n) is 5.09. The molecular weight excluding hydrogens is 203 g/mol. The van der Waals surface area contributed by atoms with Crippen molar-refractivity contribution in [1.29, 1.82) is 0 Å². The average molecular weight is 222 g/mol. The topological polar surface area (TPSA) is 69.9 Å². The van der Waals surface area contributed by atoms with Crippen molar-refractivity contribution in [2.75, 3.05) is 6.67 Å². The van der Waals surface area contributed by atoms with Crippen LogP contribution in [-0.2, 0) is 4.74 Å². The van der Waals surface area contributed by atoms with Crippen LogP contribution in [0.15, 0.2) is 0 Å². The van der Waals surface area contributed by atoms with Crippen molar-refractivity contribution >= 4 is 0 Å². The van der Waals surface area contributed by atoms with Crippen LogP contribution in [-0.4, -0.2) is 52.5 Å². The molecule has 0 aromatic rings. The van der Waals surface area contributed by atoms with E-state index in [1.807, 2.05) is 20.8 Å². The molecule has 0 saturated carbocycles. The van der Waals surface area contributed by atoms with E-state index in [2.05, 4.69) is 0 Å². The maximum absolute atomic E-state index is 12.5. The molecule has 1 aliphatic heterocycles. The van der Waals surface area contributed by atoms with E-state index < -0.39 is 42.6 Å². The first-order valence-corrected chi connectivity index (χ1v) is 5.04. The minimum Gasteiger partial charge on any atom is -0.388 e. The first-order chi connectivity index (χ1) is 6.79. The number of halogens is 1. The molecule has 1 fully saturated rings. The van der Waals surface area contributed by atoms with Gasteiger partial charge in [0.2, 0.25) is 0 Å². The number of aliphatic hydroxyl groups is 3. The Morgan fingerprint density at radius 3 is 2.00 bits per heavy atom. The van der Waals surface area contributed by atoms with Gasteiger partial charge in [-0.3, -0.25) is 0 Å². The highest BCUT2D eigenvalue weighted by Crippen LogP contribution is 2.32. The molecule has 0 aromatic heterocycles. The summed E-state index contributed by atoms with van der Waals surface area (Å²) in [6.07, 6.45) is -5.67. The normalized spacial score (nSPS) is 43.0. The molecule has 5 heteroatoms. The summed E-state index contributed by atoms with van der Waals surface area (Å²) in [5.41, 5.74) is -0.423. The summed E-state index contributed by atoms with van der Waals surface area (Å²) >= 11 is 0. The summed E-state index contributed by atoms with van der Waals surface area (Å²) < 4.78 is 17.8. The van der Waals surface area contributed by atoms with Crippen molar-refractivity contribution in [1.82, 2.24) is 0 Å². The monoisotopic (exact) mass is 222 g/mol. The number of aliphatic hydroxyl groups excluding tert-OH is 3. The van der Waals surface area contributed by atoms with E-state index in [1.54, 1.807) is 0 Å². The van der Waals surface area contributed by atoms with Crippen LogP contribution in [0.5, 0.6) is 0 Å². The SMILES string of the molecule is CC(C)(C)[C@H]1O[C@H](CF)[C@@H](O)[C@H](O)[C@H]1O. The Morgan fingerprint density at radius 2 is 1.60 bits per heavy atom. The fraction of sp³-hybridized carbons (Fsp3) is 1.00. The largest absolute Gasteiger partial charge is 0.388 e. The zero-order chi connectivity index (χ0) is 11.8. The molecule has 4 nitrogen and oxygen atoms in total. The van der Waals surface area contributed by atoms with Gasteiger partial charge in [0, 0.05) is 0 Å². The van der Waals surface area contributed by atoms with Gasteiger partial charge in [0.1, 0.15) is 31.1 Å². The summed E-state index contributed by atoms with van der Waals surface area (Å²) in [6.45, 7) is 4.58. The maximum atomic E-state index is 12.5. The van der Waals surface area contributed by atoms with Crippen LogP contribution in [0.2, 0.25) is 0 Å². The Bertz CT molecular complexity index is 214. The minimum atomic E-state index is -1.37. The number of hydrogen-bond donors (Lipinski definition) is 3. The molecule has 0 amide bonds. The molecule has 0 aromatic carbocycles. The van der Waals surface area contributed by atoms with E-state index in [0.29, 0.717) is 0 Å². The van der Waals surface area contributed by atoms with Gasteiger partial charge in [-0.1, -0.05) is 20.8 Å². The predicted molar refractivity (Wildman–Crippen MR) is 52.1 cm³/mol. The van der Waals surface area contributed by atoms with Crippen molar-refractivity contribution in [3.63, 3.8) is 0 Å². The first-order valence-electron chi connectivity index (χ1n) is 5.04. The molecule has 1 aliphatic rings. The van der Waals surface area contributed by atoms with Gasteiger partial charge in [-0.2, -0.15) is 0 Å². The number of ether oxygens (including phenoxy) is 1. The zero-order valence-corrected chi connectivity index (χ0v) is 9.22. The Balaban J connectivity index is 2.83. The van der Waals surface area contributed by atoms with Crippen molar-refractivity contribution in [2.24, 2.45) is 5.41 Å². The first kappa shape index (κ1) is 12.8. The van der Waals surface area contributed by atoms with Crippen LogP contribution in [0.3, 0.4) is 0 Å². The van der Waals surface area contributed by atoms with Gasteiger partial charge in [0.25, 0.3) is 0 Å². The second kappa shape index (κ2) is 4.33. The van der Waals surface area contributed by atoms with Crippen LogP contribution in [0, 0.1) is 5.41 Å². The molecule has 1 saturated heterocycles. The van der Waals surface area contributed by atoms with Gasteiger partial charge in [-0.25, -0.2) is 4.39 Å². The fourth-order valence-electron chi connectivity index (χ4n) is 1.79. The number of rotatable bonds is 1. The molecule has 1 heterocycles. The highest BCUT2D eigenvalue weighted by molar-refractivity contribution is 4.96. The highest BCUT2D eigenvalue weighted by atomic mass is 19.1. The molecular formula is C10H19FO4. The maximum Gasteiger partial charge on any atom is 0.118 e. The number of alkyl halides is 1. The van der Waals surface area contributed by atoms with Gasteiger partial charge >= 0.3 is 0 Å². The van der Waals surface area contributed by atoms with Crippen LogP contribution in [0.1, 0.15) is 20.8 Å². The summed E-state index contributed by atoms with van der Waals surface area (Å²) in [5.74, 6) is 0. The zero-order valence-electron chi connectivity index (χ0n) is 9.22. The Labute approximate surface area is 88.7 Å². The predicted octanol–water partition coefficient (Wildman–Crippen LogP) is -0.148. The molecule has 0 unspecified atom stereocenters. The fourth-order valence-corrected chi connectivity index (χ4v) is 1.79. The standard InChI is InChI=1S/C10H19FO4/c1-10(2,3)9-8(14)7(13)6(12)5(4-11)15-9/h5-9,12-14H,4H2,1-3H3/t5-,6-,7+,8-,9+/m1/s1. The Morgan fingerprint density at radius 1 is 1.07 bits per heavy atom. The molecule has 0 radical (unpaired) electrons. The van der Waals surface area contributed by atoms with Gasteiger partial charge < -0.3 is 20.1 Å². The van der Waals surface area contributed by atoms with E-state index in [0.717, 1.165) is 0 Å². The van der Waals surface area contributed by atoms with Crippen molar-refractivity contribution in [3.8, 4) is 0 Å². The van der Waals surface area contributed by atoms with Crippen molar-refractivity contribution in [2.45, 2.75) is 51.3 Å². The lowest BCUT2D eigenvalue weighted by Crippen LogP contribution is -2.61. The van der Waals surface area contributed by atoms with Crippen molar-refractivity contribution < 1.29 is 24.4 Å². The van der Waals surface area contributed by atoms with E-state index in [1.165, 1.54) is 0 Å². The lowest BCUT2D eigenvalue weighted by Gasteiger charge is -2.45. The van der Waals surface area contributed by atoms with Gasteiger partial charge in [-0.15, -0.1) is 0 Å². The third-order valence-corrected chi connectivity index (χ3v) is 2.72. The van der Waals surface area contributed by atoms with E-state index >= 15 is 0 Å². The van der Waals surface area contributed by atoms with Crippen LogP contribution in [0.4, 0.5) is 4.39 Å². The quantitative estimate of drug-likeness (QED) is 0.577. The molecule has 5 atom stereocenters. The van der Waals surface area contributed by atoms with Crippen LogP contribution < -0.4 is 0 Å². The van der Waals surface area contributed by atoms with E-state index in [-0.39, 0.29) is 0 Å². The molecule has 3 N–H and O–H groups in total. The number of hydrogen-bond acceptors (Lipinski definition) is 4. The lowest BCUT2D eigenvalue weighted by atomic mass is 9.80. The van der Waals surface area contributed by atoms with E-state index in [4.69, 9.17) is 4.74 Å². The lowest BCUT2D eigenvalue weighted by molar-refractivity contribution is -0.246. The molecule has 0 spiro atoms. The molecule has 15 heavy (non-hydrogen) atoms. The third-order valence-electron chi connectivity index (χ3n) is 2.72. The van der Waals surface area contributed by atoms with Gasteiger partial charge in [0.15, 0.2) is 0 Å². The highest BCUT2D eigenvalue weighted by Gasteiger charge is 2.47. The molecule has 90 valence electrons. The Kier molecular flexibility index (Phi) is 3.71. The van der Waals surface area contributed by atoms with Crippen LogP contribution in [0.25, 0.3) is 0 Å². The van der Waals surface area contributed by atoms with E-state index in [9.17, 15) is 19.7 Å². The summed E-state index contributed by atoms with van der Waals surface area (Å²) in [4.78, 5) is 0. The Hall–Kier alpha value is -0.230. The van der Waals surface area contributed by atoms with Crippen molar-refractivity contribution in [3.05, 3.63) is 0 Å². The van der Waals surface area contributed by atoms with Gasteiger partial charge in [-0.05, 0) is 5.41 Å². The summed E-state index contributed by atoms with van der Waals surface area (Å²) in [7, 11) is 0. The smallest absolute Gasteiger partial charge is 0.118 e. The molecule has 1 rings (SSSR count). The summed E-state index contributed by atoms with van der Waals surface area (Å²) in [5, 5.41) is 28.7. The minimum absolute atomic E-state index is 0.423.